The molecule has 2 amide bonds. The van der Waals surface area contributed by atoms with Gasteiger partial charge in [-0.15, -0.1) is 0 Å². The van der Waals surface area contributed by atoms with Crippen molar-refractivity contribution in [3.05, 3.63) is 57.6 Å². The van der Waals surface area contributed by atoms with Crippen molar-refractivity contribution in [2.45, 2.75) is 19.0 Å². The molecule has 4 rings (SSSR count). The lowest BCUT2D eigenvalue weighted by atomic mass is 9.79. The highest BCUT2D eigenvalue weighted by molar-refractivity contribution is 6.45. The van der Waals surface area contributed by atoms with E-state index in [-0.39, 0.29) is 28.9 Å². The molecule has 0 radical (unpaired) electrons. The zero-order valence-corrected chi connectivity index (χ0v) is 20.1. The average Bonchev–Trinajstić information content (AvgIpc) is 3.33. The molecule has 178 valence electrons. The molecule has 9 nitrogen and oxygen atoms in total. The number of benzene rings is 2. The second kappa shape index (κ2) is 9.15. The van der Waals surface area contributed by atoms with Crippen molar-refractivity contribution in [3.8, 4) is 11.5 Å². The number of carbonyl (C=O) groups excluding carboxylic acids is 3. The summed E-state index contributed by atoms with van der Waals surface area (Å²) in [4.78, 5) is 41.2. The summed E-state index contributed by atoms with van der Waals surface area (Å²) in [7, 11) is 3.00. The number of likely N-dealkylation sites (tertiary alicyclic amines) is 1. The van der Waals surface area contributed by atoms with E-state index in [1.165, 1.54) is 26.4 Å². The van der Waals surface area contributed by atoms with Crippen LogP contribution >= 0.6 is 23.2 Å². The fourth-order valence-electron chi connectivity index (χ4n) is 4.19. The number of amides is 2. The van der Waals surface area contributed by atoms with E-state index in [0.717, 1.165) is 4.90 Å². The quantitative estimate of drug-likeness (QED) is 0.455. The number of methoxy groups -OCH3 is 2. The first-order chi connectivity index (χ1) is 16.3. The first kappa shape index (κ1) is 23.8. The van der Waals surface area contributed by atoms with E-state index in [9.17, 15) is 14.4 Å². The van der Waals surface area contributed by atoms with Gasteiger partial charge < -0.3 is 14.2 Å². The molecular weight excluding hydrogens is 485 g/mol. The minimum Gasteiger partial charge on any atom is -0.497 e. The van der Waals surface area contributed by atoms with E-state index in [4.69, 9.17) is 37.4 Å². The predicted octanol–water partition coefficient (Wildman–Crippen LogP) is 2.91. The van der Waals surface area contributed by atoms with E-state index < -0.39 is 29.2 Å². The summed E-state index contributed by atoms with van der Waals surface area (Å²) in [5.41, 5.74) is 1.81. The van der Waals surface area contributed by atoms with Gasteiger partial charge in [0, 0.05) is 11.6 Å². The van der Waals surface area contributed by atoms with Gasteiger partial charge in [-0.25, -0.2) is 4.79 Å². The average molecular weight is 506 g/mol. The first-order valence-corrected chi connectivity index (χ1v) is 11.1. The highest BCUT2D eigenvalue weighted by atomic mass is 35.5. The standard InChI is InChI=1S/C23H21Cl2N3O6/c1-4-34-21(30)19-18-20(29)28(11-12-5-7-14(32-2)10-17(12)33-3)22(31)23(18,27-26-19)13-6-8-15(24)16(25)9-13/h5-10,18,27H,4,11H2,1-3H3. The van der Waals surface area contributed by atoms with Crippen molar-refractivity contribution in [2.24, 2.45) is 11.0 Å². The monoisotopic (exact) mass is 505 g/mol. The summed E-state index contributed by atoms with van der Waals surface area (Å²) in [6.45, 7) is 1.62. The van der Waals surface area contributed by atoms with Crippen LogP contribution in [0.15, 0.2) is 41.5 Å². The number of carbonyl (C=O) groups is 3. The molecule has 0 spiro atoms. The van der Waals surface area contributed by atoms with Crippen LogP contribution in [0.5, 0.6) is 11.5 Å². The Balaban J connectivity index is 1.80. The molecule has 1 saturated heterocycles. The Labute approximate surface area is 205 Å². The van der Waals surface area contributed by atoms with Crippen LogP contribution in [0.2, 0.25) is 10.0 Å². The van der Waals surface area contributed by atoms with Gasteiger partial charge in [0.05, 0.1) is 37.4 Å². The molecule has 0 aliphatic carbocycles. The number of hydrogen-bond donors (Lipinski definition) is 1. The summed E-state index contributed by atoms with van der Waals surface area (Å²) < 4.78 is 15.7. The number of rotatable bonds is 7. The van der Waals surface area contributed by atoms with Gasteiger partial charge in [-0.1, -0.05) is 29.3 Å². The van der Waals surface area contributed by atoms with Crippen molar-refractivity contribution in [1.82, 2.24) is 10.3 Å². The SMILES string of the molecule is CCOC(=O)C1=NNC2(c3ccc(Cl)c(Cl)c3)C(=O)N(Cc3ccc(OC)cc3OC)C(=O)C12. The zero-order valence-electron chi connectivity index (χ0n) is 18.6. The molecular formula is C23H21Cl2N3O6. The highest BCUT2D eigenvalue weighted by Crippen LogP contribution is 2.45. The van der Waals surface area contributed by atoms with Crippen LogP contribution in [0.4, 0.5) is 0 Å². The van der Waals surface area contributed by atoms with Gasteiger partial charge in [-0.3, -0.25) is 19.9 Å². The van der Waals surface area contributed by atoms with Gasteiger partial charge in [-0.05, 0) is 36.8 Å². The van der Waals surface area contributed by atoms with Crippen molar-refractivity contribution in [1.29, 1.82) is 0 Å². The van der Waals surface area contributed by atoms with E-state index in [1.807, 2.05) is 0 Å². The second-order valence-electron chi connectivity index (χ2n) is 7.61. The molecule has 2 aromatic carbocycles. The summed E-state index contributed by atoms with van der Waals surface area (Å²) in [5.74, 6) is -2.24. The molecule has 0 aromatic heterocycles. The van der Waals surface area contributed by atoms with Crippen molar-refractivity contribution in [3.63, 3.8) is 0 Å². The summed E-state index contributed by atoms with van der Waals surface area (Å²) in [5, 5.41) is 4.51. The van der Waals surface area contributed by atoms with Gasteiger partial charge >= 0.3 is 5.97 Å². The Morgan fingerprint density at radius 2 is 1.88 bits per heavy atom. The minimum atomic E-state index is -1.67. The van der Waals surface area contributed by atoms with E-state index in [0.29, 0.717) is 22.6 Å². The predicted molar refractivity (Wildman–Crippen MR) is 124 cm³/mol. The maximum Gasteiger partial charge on any atom is 0.355 e. The molecule has 2 aliphatic heterocycles. The molecule has 34 heavy (non-hydrogen) atoms. The van der Waals surface area contributed by atoms with Gasteiger partial charge in [0.25, 0.3) is 5.91 Å². The molecule has 0 bridgehead atoms. The lowest BCUT2D eigenvalue weighted by molar-refractivity contribution is -0.142. The first-order valence-electron chi connectivity index (χ1n) is 10.3. The molecule has 2 aromatic rings. The molecule has 1 N–H and O–H groups in total. The smallest absolute Gasteiger partial charge is 0.355 e. The highest BCUT2D eigenvalue weighted by Gasteiger charge is 2.66. The number of hydrazone groups is 1. The largest absolute Gasteiger partial charge is 0.497 e. The summed E-state index contributed by atoms with van der Waals surface area (Å²) in [6, 6.07) is 9.62. The molecule has 2 heterocycles. The normalized spacial score (nSPS) is 21.1. The van der Waals surface area contributed by atoms with E-state index in [1.54, 1.807) is 31.2 Å². The molecule has 0 saturated carbocycles. The lowest BCUT2D eigenvalue weighted by Gasteiger charge is -2.27. The van der Waals surface area contributed by atoms with Gasteiger partial charge in [0.2, 0.25) is 5.91 Å². The number of ether oxygens (including phenoxy) is 3. The second-order valence-corrected chi connectivity index (χ2v) is 8.42. The van der Waals surface area contributed by atoms with Crippen molar-refractivity contribution >= 4 is 46.7 Å². The molecule has 2 unspecified atom stereocenters. The Morgan fingerprint density at radius 3 is 2.53 bits per heavy atom. The van der Waals surface area contributed by atoms with Crippen LogP contribution in [-0.4, -0.2) is 49.2 Å². The fourth-order valence-corrected chi connectivity index (χ4v) is 4.49. The van der Waals surface area contributed by atoms with Gasteiger partial charge in [-0.2, -0.15) is 5.10 Å². The van der Waals surface area contributed by atoms with E-state index in [2.05, 4.69) is 10.5 Å². The molecule has 2 atom stereocenters. The number of nitrogens with one attached hydrogen (secondary N) is 1. The summed E-state index contributed by atoms with van der Waals surface area (Å²) >= 11 is 12.3. The van der Waals surface area contributed by atoms with Crippen LogP contribution in [0.25, 0.3) is 0 Å². The molecule has 11 heteroatoms. The maximum absolute atomic E-state index is 13.8. The Bertz CT molecular complexity index is 1220. The van der Waals surface area contributed by atoms with Crippen LogP contribution in [-0.2, 0) is 31.2 Å². The number of esters is 1. The number of imide groups is 1. The number of fused-ring (bicyclic) bond motifs is 1. The fraction of sp³-hybridized carbons (Fsp3) is 0.304. The Morgan fingerprint density at radius 1 is 1.12 bits per heavy atom. The molecule has 1 fully saturated rings. The van der Waals surface area contributed by atoms with Crippen LogP contribution in [0, 0.1) is 5.92 Å². The number of hydrogen-bond acceptors (Lipinski definition) is 8. The Kier molecular flexibility index (Phi) is 6.42. The molecule has 2 aliphatic rings. The van der Waals surface area contributed by atoms with E-state index >= 15 is 0 Å². The maximum atomic E-state index is 13.8. The van der Waals surface area contributed by atoms with Crippen molar-refractivity contribution < 1.29 is 28.6 Å². The lowest BCUT2D eigenvalue weighted by Crippen LogP contribution is -2.48. The third kappa shape index (κ3) is 3.65. The number of halogens is 2. The number of nitrogens with zero attached hydrogens (tertiary/aromatic N) is 2. The topological polar surface area (TPSA) is 107 Å². The third-order valence-electron chi connectivity index (χ3n) is 5.84. The van der Waals surface area contributed by atoms with Crippen LogP contribution < -0.4 is 14.9 Å². The van der Waals surface area contributed by atoms with Gasteiger partial charge in [0.1, 0.15) is 17.4 Å². The van der Waals surface area contributed by atoms with Crippen LogP contribution in [0.3, 0.4) is 0 Å². The van der Waals surface area contributed by atoms with Gasteiger partial charge in [0.15, 0.2) is 11.3 Å². The third-order valence-corrected chi connectivity index (χ3v) is 6.58. The van der Waals surface area contributed by atoms with Crippen LogP contribution in [0.1, 0.15) is 18.1 Å². The minimum absolute atomic E-state index is 0.0826. The summed E-state index contributed by atoms with van der Waals surface area (Å²) in [6.07, 6.45) is 0. The zero-order chi connectivity index (χ0) is 24.6. The van der Waals surface area contributed by atoms with Crippen molar-refractivity contribution in [2.75, 3.05) is 20.8 Å². The Hall–Kier alpha value is -3.30.